The average molecular weight is 326 g/mol. The summed E-state index contributed by atoms with van der Waals surface area (Å²) in [6.45, 7) is 4.45. The molecule has 0 unspecified atom stereocenters. The maximum Gasteiger partial charge on any atom is 0.238 e. The summed E-state index contributed by atoms with van der Waals surface area (Å²) < 4.78 is 19.3. The molecule has 0 aliphatic rings. The summed E-state index contributed by atoms with van der Waals surface area (Å²) in [5.74, 6) is 1.14. The maximum atomic E-state index is 13.0. The summed E-state index contributed by atoms with van der Waals surface area (Å²) in [7, 11) is 0. The summed E-state index contributed by atoms with van der Waals surface area (Å²) in [5.41, 5.74) is 0.704. The van der Waals surface area contributed by atoms with Gasteiger partial charge in [-0.25, -0.2) is 9.37 Å². The molecule has 6 heteroatoms. The zero-order valence-corrected chi connectivity index (χ0v) is 12.2. The minimum atomic E-state index is -0.292. The first-order valence-corrected chi connectivity index (χ1v) is 6.60. The fourth-order valence-corrected chi connectivity index (χ4v) is 1.77. The summed E-state index contributed by atoms with van der Waals surface area (Å²) in [5, 5.41) is 3.00. The SMILES string of the molecule is CCNc1ncc(Br)c(Oc2ccc(F)cc2C)n1. The molecule has 0 atom stereocenters. The molecular weight excluding hydrogens is 313 g/mol. The predicted octanol–water partition coefficient (Wildman–Crippen LogP) is 3.91. The first kappa shape index (κ1) is 13.7. The van der Waals surface area contributed by atoms with Crippen LogP contribution in [0, 0.1) is 12.7 Å². The highest BCUT2D eigenvalue weighted by atomic mass is 79.9. The van der Waals surface area contributed by atoms with Crippen molar-refractivity contribution in [3.8, 4) is 11.6 Å². The molecule has 0 saturated heterocycles. The van der Waals surface area contributed by atoms with Gasteiger partial charge in [0.15, 0.2) is 0 Å². The van der Waals surface area contributed by atoms with Crippen molar-refractivity contribution < 1.29 is 9.13 Å². The molecule has 0 aliphatic heterocycles. The van der Waals surface area contributed by atoms with Crippen LogP contribution in [-0.4, -0.2) is 16.5 Å². The van der Waals surface area contributed by atoms with Crippen LogP contribution in [-0.2, 0) is 0 Å². The molecule has 1 heterocycles. The van der Waals surface area contributed by atoms with Gasteiger partial charge in [-0.05, 0) is 53.5 Å². The number of anilines is 1. The maximum absolute atomic E-state index is 13.0. The van der Waals surface area contributed by atoms with Crippen LogP contribution >= 0.6 is 15.9 Å². The van der Waals surface area contributed by atoms with Gasteiger partial charge in [-0.2, -0.15) is 4.98 Å². The standard InChI is InChI=1S/C13H13BrFN3O/c1-3-16-13-17-7-10(14)12(18-13)19-11-5-4-9(15)6-8(11)2/h4-7H,3H2,1-2H3,(H,16,17,18). The molecular formula is C13H13BrFN3O. The number of nitrogens with zero attached hydrogens (tertiary/aromatic N) is 2. The molecule has 2 aromatic rings. The lowest BCUT2D eigenvalue weighted by molar-refractivity contribution is 0.453. The van der Waals surface area contributed by atoms with Crippen molar-refractivity contribution in [3.63, 3.8) is 0 Å². The van der Waals surface area contributed by atoms with E-state index in [4.69, 9.17) is 4.74 Å². The smallest absolute Gasteiger partial charge is 0.238 e. The number of hydrogen-bond donors (Lipinski definition) is 1. The van der Waals surface area contributed by atoms with E-state index >= 15 is 0 Å². The summed E-state index contributed by atoms with van der Waals surface area (Å²) in [4.78, 5) is 8.33. The summed E-state index contributed by atoms with van der Waals surface area (Å²) in [6.07, 6.45) is 1.61. The molecule has 0 bridgehead atoms. The Morgan fingerprint density at radius 2 is 2.21 bits per heavy atom. The second-order valence-electron chi connectivity index (χ2n) is 3.89. The topological polar surface area (TPSA) is 47.0 Å². The number of aryl methyl sites for hydroxylation is 1. The van der Waals surface area contributed by atoms with Gasteiger partial charge in [0.1, 0.15) is 11.6 Å². The third kappa shape index (κ3) is 3.41. The third-order valence-electron chi connectivity index (χ3n) is 2.39. The van der Waals surface area contributed by atoms with Gasteiger partial charge in [-0.3, -0.25) is 0 Å². The van der Waals surface area contributed by atoms with Gasteiger partial charge in [0.2, 0.25) is 11.8 Å². The molecule has 100 valence electrons. The van der Waals surface area contributed by atoms with E-state index in [0.717, 1.165) is 6.54 Å². The van der Waals surface area contributed by atoms with Crippen molar-refractivity contribution >= 4 is 21.9 Å². The molecule has 0 amide bonds. The number of hydrogen-bond acceptors (Lipinski definition) is 4. The zero-order chi connectivity index (χ0) is 13.8. The Bertz CT molecular complexity index is 592. The van der Waals surface area contributed by atoms with E-state index in [-0.39, 0.29) is 5.82 Å². The number of halogens is 2. The van der Waals surface area contributed by atoms with Gasteiger partial charge in [-0.15, -0.1) is 0 Å². The first-order chi connectivity index (χ1) is 9.10. The van der Waals surface area contributed by atoms with Gasteiger partial charge >= 0.3 is 0 Å². The first-order valence-electron chi connectivity index (χ1n) is 5.80. The third-order valence-corrected chi connectivity index (χ3v) is 2.93. The lowest BCUT2D eigenvalue weighted by atomic mass is 10.2. The van der Waals surface area contributed by atoms with E-state index in [1.54, 1.807) is 19.2 Å². The van der Waals surface area contributed by atoms with Crippen LogP contribution < -0.4 is 10.1 Å². The minimum Gasteiger partial charge on any atom is -0.437 e. The van der Waals surface area contributed by atoms with Gasteiger partial charge in [0.25, 0.3) is 0 Å². The Kier molecular flexibility index (Phi) is 4.31. The normalized spacial score (nSPS) is 10.3. The monoisotopic (exact) mass is 325 g/mol. The molecule has 2 rings (SSSR count). The second-order valence-corrected chi connectivity index (χ2v) is 4.74. The molecule has 1 N–H and O–H groups in total. The predicted molar refractivity (Wildman–Crippen MR) is 75.1 cm³/mol. The molecule has 19 heavy (non-hydrogen) atoms. The van der Waals surface area contributed by atoms with Crippen LogP contribution in [0.3, 0.4) is 0 Å². The van der Waals surface area contributed by atoms with E-state index in [2.05, 4.69) is 31.2 Å². The highest BCUT2D eigenvalue weighted by Gasteiger charge is 2.09. The Morgan fingerprint density at radius 3 is 2.89 bits per heavy atom. The molecule has 0 fully saturated rings. The molecule has 0 radical (unpaired) electrons. The lowest BCUT2D eigenvalue weighted by Crippen LogP contribution is -2.03. The summed E-state index contributed by atoms with van der Waals surface area (Å²) in [6, 6.07) is 4.34. The largest absolute Gasteiger partial charge is 0.437 e. The molecule has 0 saturated carbocycles. The number of aromatic nitrogens is 2. The van der Waals surface area contributed by atoms with Gasteiger partial charge in [-0.1, -0.05) is 0 Å². The van der Waals surface area contributed by atoms with Gasteiger partial charge < -0.3 is 10.1 Å². The highest BCUT2D eigenvalue weighted by molar-refractivity contribution is 9.10. The van der Waals surface area contributed by atoms with Crippen LogP contribution in [0.5, 0.6) is 11.6 Å². The molecule has 1 aromatic carbocycles. The molecule has 1 aromatic heterocycles. The van der Waals surface area contributed by atoms with E-state index in [1.807, 2.05) is 6.92 Å². The van der Waals surface area contributed by atoms with Crippen LogP contribution in [0.25, 0.3) is 0 Å². The van der Waals surface area contributed by atoms with E-state index in [1.165, 1.54) is 12.1 Å². The van der Waals surface area contributed by atoms with Crippen molar-refractivity contribution in [3.05, 3.63) is 40.2 Å². The van der Waals surface area contributed by atoms with Crippen molar-refractivity contribution in [1.29, 1.82) is 0 Å². The molecule has 0 aliphatic carbocycles. The molecule has 0 spiro atoms. The van der Waals surface area contributed by atoms with Crippen LogP contribution in [0.1, 0.15) is 12.5 Å². The lowest BCUT2D eigenvalue weighted by Gasteiger charge is -2.10. The Morgan fingerprint density at radius 1 is 1.42 bits per heavy atom. The van der Waals surface area contributed by atoms with Crippen LogP contribution in [0.15, 0.2) is 28.9 Å². The van der Waals surface area contributed by atoms with Crippen molar-refractivity contribution in [1.82, 2.24) is 9.97 Å². The van der Waals surface area contributed by atoms with E-state index in [9.17, 15) is 4.39 Å². The van der Waals surface area contributed by atoms with E-state index < -0.39 is 0 Å². The van der Waals surface area contributed by atoms with E-state index in [0.29, 0.717) is 27.6 Å². The minimum absolute atomic E-state index is 0.292. The zero-order valence-electron chi connectivity index (χ0n) is 10.6. The van der Waals surface area contributed by atoms with Crippen LogP contribution in [0.2, 0.25) is 0 Å². The Labute approximate surface area is 119 Å². The number of rotatable bonds is 4. The number of ether oxygens (including phenoxy) is 1. The highest BCUT2D eigenvalue weighted by Crippen LogP contribution is 2.30. The number of benzene rings is 1. The van der Waals surface area contributed by atoms with Crippen LogP contribution in [0.4, 0.5) is 10.3 Å². The van der Waals surface area contributed by atoms with Crippen molar-refractivity contribution in [2.75, 3.05) is 11.9 Å². The quantitative estimate of drug-likeness (QED) is 0.925. The van der Waals surface area contributed by atoms with Crippen molar-refractivity contribution in [2.45, 2.75) is 13.8 Å². The average Bonchev–Trinajstić information content (AvgIpc) is 2.37. The molecule has 4 nitrogen and oxygen atoms in total. The fourth-order valence-electron chi connectivity index (χ4n) is 1.50. The Balaban J connectivity index is 2.29. The van der Waals surface area contributed by atoms with Gasteiger partial charge in [0, 0.05) is 6.54 Å². The Hall–Kier alpha value is -1.69. The van der Waals surface area contributed by atoms with Crippen molar-refractivity contribution in [2.24, 2.45) is 0 Å². The fraction of sp³-hybridized carbons (Fsp3) is 0.231. The second kappa shape index (κ2) is 5.97. The number of nitrogens with one attached hydrogen (secondary N) is 1. The van der Waals surface area contributed by atoms with Gasteiger partial charge in [0.05, 0.1) is 10.7 Å². The summed E-state index contributed by atoms with van der Waals surface area (Å²) >= 11 is 3.33.